The van der Waals surface area contributed by atoms with Crippen LogP contribution in [0.1, 0.15) is 38.5 Å². The van der Waals surface area contributed by atoms with Crippen molar-refractivity contribution in [3.05, 3.63) is 0 Å². The number of carboxylic acid groups (broad SMARTS) is 2. The first-order chi connectivity index (χ1) is 9.36. The van der Waals surface area contributed by atoms with E-state index in [1.54, 1.807) is 0 Å². The van der Waals surface area contributed by atoms with E-state index >= 15 is 0 Å². The summed E-state index contributed by atoms with van der Waals surface area (Å²) in [5.74, 6) is -2.37. The molecule has 0 heterocycles. The third-order valence-electron chi connectivity index (χ3n) is 2.54. The molecule has 0 unspecified atom stereocenters. The van der Waals surface area contributed by atoms with Gasteiger partial charge in [0, 0.05) is 12.1 Å². The fraction of sp³-hybridized carbons (Fsp3) is 0.833. The Morgan fingerprint density at radius 3 is 1.24 bits per heavy atom. The van der Waals surface area contributed by atoms with Gasteiger partial charge in [-0.2, -0.15) is 0 Å². The normalized spacial score (nSPS) is 12.4. The molecule has 0 aliphatic carbocycles. The summed E-state index contributed by atoms with van der Waals surface area (Å²) < 4.78 is 0. The second-order valence-electron chi connectivity index (χ2n) is 4.42. The van der Waals surface area contributed by atoms with E-state index in [0.717, 1.165) is 25.7 Å². The molecule has 0 aromatic heterocycles. The van der Waals surface area contributed by atoms with Crippen LogP contribution in [0.15, 0.2) is 0 Å². The first kappa shape index (κ1) is 26.0. The van der Waals surface area contributed by atoms with Crippen LogP contribution >= 0.6 is 0 Å². The van der Waals surface area contributed by atoms with E-state index in [0.29, 0.717) is 25.9 Å². The molecule has 8 N–H and O–H groups in total. The molecule has 0 saturated heterocycles. The molecule has 120 valence electrons. The summed E-state index contributed by atoms with van der Waals surface area (Å²) in [4.78, 5) is 20.1. The van der Waals surface area contributed by atoms with Gasteiger partial charge in [0.05, 0.1) is 11.9 Å². The van der Waals surface area contributed by atoms with E-state index in [9.17, 15) is 19.8 Å². The Hall–Kier alpha value is 0.0397. The average molecular weight is 330 g/mol. The quantitative estimate of drug-likeness (QED) is 0.230. The number of unbranched alkanes of at least 4 members (excludes halogenated alkanes) is 2. The van der Waals surface area contributed by atoms with Crippen LogP contribution in [0.25, 0.3) is 0 Å². The van der Waals surface area contributed by atoms with Gasteiger partial charge in [0.2, 0.25) is 0 Å². The van der Waals surface area contributed by atoms with E-state index in [1.807, 2.05) is 0 Å². The predicted octanol–water partition coefficient (Wildman–Crippen LogP) is -4.00. The maximum atomic E-state index is 10.0. The van der Waals surface area contributed by atoms with Crippen molar-refractivity contribution in [2.45, 2.75) is 50.6 Å². The zero-order valence-electron chi connectivity index (χ0n) is 12.5. The second kappa shape index (κ2) is 18.1. The summed E-state index contributed by atoms with van der Waals surface area (Å²) in [5, 5.41) is 20.1. The first-order valence-corrected chi connectivity index (χ1v) is 6.69. The number of carbonyl (C=O) groups is 2. The summed E-state index contributed by atoms with van der Waals surface area (Å²) in [6.45, 7) is 1.17. The number of aliphatic carboxylic acids is 2. The van der Waals surface area contributed by atoms with E-state index in [-0.39, 0.29) is 37.7 Å². The van der Waals surface area contributed by atoms with Crippen LogP contribution in [-0.2, 0) is 9.59 Å². The summed E-state index contributed by atoms with van der Waals surface area (Å²) >= 11 is 0. The molecule has 0 rings (SSSR count). The van der Waals surface area contributed by atoms with Crippen LogP contribution < -0.4 is 33.1 Å². The van der Waals surface area contributed by atoms with Crippen LogP contribution in [0.4, 0.5) is 0 Å². The molecule has 8 nitrogen and oxygen atoms in total. The molecular formula is C12H26CaN4O4. The van der Waals surface area contributed by atoms with Crippen LogP contribution in [0.5, 0.6) is 0 Å². The van der Waals surface area contributed by atoms with Gasteiger partial charge in [0.25, 0.3) is 0 Å². The molecule has 0 saturated carbocycles. The summed E-state index contributed by atoms with van der Waals surface area (Å²) in [6.07, 6.45) is 4.07. The molecular weight excluding hydrogens is 304 g/mol. The number of nitrogens with two attached hydrogens (primary N) is 4. The van der Waals surface area contributed by atoms with Gasteiger partial charge in [0.15, 0.2) is 0 Å². The molecule has 9 heteroatoms. The van der Waals surface area contributed by atoms with E-state index in [2.05, 4.69) is 0 Å². The van der Waals surface area contributed by atoms with Crippen molar-refractivity contribution in [2.75, 3.05) is 13.1 Å². The van der Waals surface area contributed by atoms with Gasteiger partial charge in [-0.05, 0) is 38.8 Å². The third kappa shape index (κ3) is 20.0. The topological polar surface area (TPSA) is 184 Å². The van der Waals surface area contributed by atoms with Gasteiger partial charge in [0.1, 0.15) is 0 Å². The summed E-state index contributed by atoms with van der Waals surface area (Å²) in [7, 11) is 0. The third-order valence-corrected chi connectivity index (χ3v) is 2.54. The van der Waals surface area contributed by atoms with Crippen LogP contribution in [-0.4, -0.2) is 74.9 Å². The molecule has 2 atom stereocenters. The minimum absolute atomic E-state index is 0. The van der Waals surface area contributed by atoms with Crippen molar-refractivity contribution in [2.24, 2.45) is 22.9 Å². The minimum atomic E-state index is -1.18. The molecule has 21 heavy (non-hydrogen) atoms. The molecule has 0 bridgehead atoms. The van der Waals surface area contributed by atoms with Crippen molar-refractivity contribution in [1.29, 1.82) is 0 Å². The number of rotatable bonds is 10. The van der Waals surface area contributed by atoms with Crippen LogP contribution in [0, 0.1) is 0 Å². The van der Waals surface area contributed by atoms with Crippen molar-refractivity contribution < 1.29 is 19.8 Å². The molecule has 0 spiro atoms. The van der Waals surface area contributed by atoms with E-state index in [1.165, 1.54) is 0 Å². The van der Waals surface area contributed by atoms with Crippen molar-refractivity contribution in [3.8, 4) is 0 Å². The summed E-state index contributed by atoms with van der Waals surface area (Å²) in [6, 6.07) is -1.65. The van der Waals surface area contributed by atoms with Crippen molar-refractivity contribution >= 4 is 49.7 Å². The maximum absolute atomic E-state index is 10.0. The van der Waals surface area contributed by atoms with Crippen LogP contribution in [0.3, 0.4) is 0 Å². The Morgan fingerprint density at radius 1 is 0.762 bits per heavy atom. The van der Waals surface area contributed by atoms with Crippen molar-refractivity contribution in [1.82, 2.24) is 0 Å². The molecule has 0 amide bonds. The van der Waals surface area contributed by atoms with Crippen molar-refractivity contribution in [3.63, 3.8) is 0 Å². The Bertz CT molecular complexity index is 244. The standard InChI is InChI=1S/2C6H14N2O2.Ca/c2*7-4-2-1-3-5(8)6(9)10;/h2*5H,1-4,7-8H2,(H,9,10);/q;;+2/p-2/t2*5-;/m00./s1. The predicted molar refractivity (Wildman–Crippen MR) is 77.5 cm³/mol. The maximum Gasteiger partial charge on any atom is 2.00 e. The Labute approximate surface area is 155 Å². The van der Waals surface area contributed by atoms with Gasteiger partial charge in [-0.15, -0.1) is 0 Å². The van der Waals surface area contributed by atoms with Gasteiger partial charge in [-0.25, -0.2) is 0 Å². The van der Waals surface area contributed by atoms with E-state index < -0.39 is 24.0 Å². The zero-order valence-corrected chi connectivity index (χ0v) is 14.7. The molecule has 0 fully saturated rings. The molecule has 0 radical (unpaired) electrons. The SMILES string of the molecule is NCCCC[C@H](N)C(=O)[O-].NCCCC[C@H](N)C(=O)[O-].[Ca+2]. The number of carboxylic acids is 2. The number of carbonyl (C=O) groups excluding carboxylic acids is 2. The Morgan fingerprint density at radius 2 is 1.05 bits per heavy atom. The number of hydrogen-bond acceptors (Lipinski definition) is 8. The Kier molecular flexibility index (Phi) is 22.4. The molecule has 0 aliphatic heterocycles. The smallest absolute Gasteiger partial charge is 0.548 e. The van der Waals surface area contributed by atoms with Gasteiger partial charge >= 0.3 is 37.7 Å². The van der Waals surface area contributed by atoms with Gasteiger partial charge < -0.3 is 42.7 Å². The number of hydrogen-bond donors (Lipinski definition) is 4. The zero-order chi connectivity index (χ0) is 16.0. The molecule has 0 aromatic rings. The monoisotopic (exact) mass is 330 g/mol. The van der Waals surface area contributed by atoms with Gasteiger partial charge in [-0.3, -0.25) is 0 Å². The Balaban J connectivity index is -0.000000295. The van der Waals surface area contributed by atoms with Gasteiger partial charge in [-0.1, -0.05) is 12.8 Å². The minimum Gasteiger partial charge on any atom is -0.548 e. The fourth-order valence-corrected chi connectivity index (χ4v) is 1.25. The fourth-order valence-electron chi connectivity index (χ4n) is 1.25. The first-order valence-electron chi connectivity index (χ1n) is 6.69. The van der Waals surface area contributed by atoms with E-state index in [4.69, 9.17) is 22.9 Å². The summed E-state index contributed by atoms with van der Waals surface area (Å²) in [5.41, 5.74) is 20.7. The molecule has 0 aliphatic rings. The second-order valence-corrected chi connectivity index (χ2v) is 4.42. The molecule has 0 aromatic carbocycles. The largest absolute Gasteiger partial charge is 2.00 e. The average Bonchev–Trinajstić information content (AvgIpc) is 2.39. The van der Waals surface area contributed by atoms with Crippen LogP contribution in [0.2, 0.25) is 0 Å².